The number of oxime groups is 1. The van der Waals surface area contributed by atoms with Gasteiger partial charge in [0.15, 0.2) is 6.10 Å². The lowest BCUT2D eigenvalue weighted by molar-refractivity contribution is 0.0402. The molecule has 0 aromatic heterocycles. The third-order valence-electron chi connectivity index (χ3n) is 5.51. The number of halogens is 1. The van der Waals surface area contributed by atoms with Crippen molar-refractivity contribution >= 4 is 11.6 Å². The SMILES string of the molecule is COc1cccc(CN(CC2CC(c3ccccc3C)=NO2)C(=O)c2ccccc2F)c1. The van der Waals surface area contributed by atoms with Gasteiger partial charge in [0.25, 0.3) is 5.91 Å². The van der Waals surface area contributed by atoms with Crippen LogP contribution in [0.25, 0.3) is 0 Å². The third-order valence-corrected chi connectivity index (χ3v) is 5.51. The first-order valence-electron chi connectivity index (χ1n) is 10.5. The van der Waals surface area contributed by atoms with Crippen molar-refractivity contribution in [3.63, 3.8) is 0 Å². The topological polar surface area (TPSA) is 51.1 Å². The largest absolute Gasteiger partial charge is 0.497 e. The fourth-order valence-corrected chi connectivity index (χ4v) is 3.84. The number of carbonyl (C=O) groups excluding carboxylic acids is 1. The zero-order valence-corrected chi connectivity index (χ0v) is 18.1. The van der Waals surface area contributed by atoms with Crippen LogP contribution in [0.5, 0.6) is 5.75 Å². The molecule has 0 saturated heterocycles. The van der Waals surface area contributed by atoms with Crippen LogP contribution in [0.15, 0.2) is 78.0 Å². The molecule has 1 aliphatic rings. The molecule has 0 aliphatic carbocycles. The third kappa shape index (κ3) is 4.80. The van der Waals surface area contributed by atoms with E-state index >= 15 is 0 Å². The smallest absolute Gasteiger partial charge is 0.257 e. The molecule has 6 heteroatoms. The average Bonchev–Trinajstić information content (AvgIpc) is 3.27. The second-order valence-electron chi connectivity index (χ2n) is 7.80. The molecule has 0 radical (unpaired) electrons. The van der Waals surface area contributed by atoms with E-state index in [2.05, 4.69) is 5.16 Å². The number of hydrogen-bond acceptors (Lipinski definition) is 4. The van der Waals surface area contributed by atoms with Gasteiger partial charge in [-0.25, -0.2) is 4.39 Å². The monoisotopic (exact) mass is 432 g/mol. The molecule has 1 aliphatic heterocycles. The lowest BCUT2D eigenvalue weighted by atomic mass is 10.00. The summed E-state index contributed by atoms with van der Waals surface area (Å²) in [6, 6.07) is 21.5. The second-order valence-corrected chi connectivity index (χ2v) is 7.80. The van der Waals surface area contributed by atoms with E-state index in [0.717, 1.165) is 22.4 Å². The van der Waals surface area contributed by atoms with Gasteiger partial charge in [-0.05, 0) is 42.3 Å². The standard InChI is InChI=1S/C26H25FN2O3/c1-18-8-3-4-11-22(18)25-15-21(32-28-25)17-29(16-19-9-7-10-20(14-19)31-2)26(30)23-12-5-6-13-24(23)27/h3-14,21H,15-17H2,1-2H3. The van der Waals surface area contributed by atoms with Crippen molar-refractivity contribution in [2.45, 2.75) is 26.0 Å². The predicted octanol–water partition coefficient (Wildman–Crippen LogP) is 4.98. The van der Waals surface area contributed by atoms with E-state index in [-0.39, 0.29) is 24.1 Å². The molecule has 1 atom stereocenters. The molecule has 0 N–H and O–H groups in total. The van der Waals surface area contributed by atoms with Gasteiger partial charge in [-0.2, -0.15) is 0 Å². The van der Waals surface area contributed by atoms with Gasteiger partial charge < -0.3 is 14.5 Å². The molecule has 0 bridgehead atoms. The van der Waals surface area contributed by atoms with Crippen molar-refractivity contribution in [2.75, 3.05) is 13.7 Å². The Hall–Kier alpha value is -3.67. The number of amides is 1. The van der Waals surface area contributed by atoms with Gasteiger partial charge in [0, 0.05) is 18.5 Å². The molecule has 1 heterocycles. The maximum atomic E-state index is 14.4. The van der Waals surface area contributed by atoms with Crippen LogP contribution in [-0.4, -0.2) is 36.3 Å². The Bertz CT molecular complexity index is 1150. The predicted molar refractivity (Wildman–Crippen MR) is 121 cm³/mol. The molecule has 4 rings (SSSR count). The fraction of sp³-hybridized carbons (Fsp3) is 0.231. The Balaban J connectivity index is 1.55. The van der Waals surface area contributed by atoms with Crippen LogP contribution >= 0.6 is 0 Å². The van der Waals surface area contributed by atoms with E-state index in [0.29, 0.717) is 18.7 Å². The van der Waals surface area contributed by atoms with Crippen LogP contribution in [0, 0.1) is 12.7 Å². The minimum atomic E-state index is -0.544. The van der Waals surface area contributed by atoms with Crippen LogP contribution in [0.4, 0.5) is 4.39 Å². The first kappa shape index (κ1) is 21.6. The van der Waals surface area contributed by atoms with Gasteiger partial charge in [0.1, 0.15) is 11.6 Å². The summed E-state index contributed by atoms with van der Waals surface area (Å²) < 4.78 is 19.7. The van der Waals surface area contributed by atoms with E-state index in [9.17, 15) is 9.18 Å². The Morgan fingerprint density at radius 2 is 1.91 bits per heavy atom. The van der Waals surface area contributed by atoms with Gasteiger partial charge in [-0.1, -0.05) is 53.7 Å². The molecule has 1 amide bonds. The molecule has 0 saturated carbocycles. The number of hydrogen-bond donors (Lipinski definition) is 0. The minimum Gasteiger partial charge on any atom is -0.497 e. The summed E-state index contributed by atoms with van der Waals surface area (Å²) >= 11 is 0. The zero-order chi connectivity index (χ0) is 22.5. The molecule has 164 valence electrons. The summed E-state index contributed by atoms with van der Waals surface area (Å²) in [6.45, 7) is 2.61. The van der Waals surface area contributed by atoms with Crippen molar-refractivity contribution in [3.05, 3.63) is 101 Å². The molecular weight excluding hydrogens is 407 g/mol. The highest BCUT2D eigenvalue weighted by Gasteiger charge is 2.28. The van der Waals surface area contributed by atoms with E-state index in [1.54, 1.807) is 24.1 Å². The summed E-state index contributed by atoms with van der Waals surface area (Å²) in [7, 11) is 1.60. The van der Waals surface area contributed by atoms with E-state index in [4.69, 9.17) is 9.57 Å². The van der Waals surface area contributed by atoms with Crippen LogP contribution in [0.1, 0.15) is 33.5 Å². The molecular formula is C26H25FN2O3. The Morgan fingerprint density at radius 1 is 1.12 bits per heavy atom. The van der Waals surface area contributed by atoms with Crippen molar-refractivity contribution < 1.29 is 18.8 Å². The molecule has 1 unspecified atom stereocenters. The van der Waals surface area contributed by atoms with Crippen LogP contribution in [0.3, 0.4) is 0 Å². The van der Waals surface area contributed by atoms with Gasteiger partial charge in [-0.3, -0.25) is 4.79 Å². The fourth-order valence-electron chi connectivity index (χ4n) is 3.84. The number of rotatable bonds is 7. The molecule has 5 nitrogen and oxygen atoms in total. The average molecular weight is 432 g/mol. The quantitative estimate of drug-likeness (QED) is 0.529. The second kappa shape index (κ2) is 9.64. The van der Waals surface area contributed by atoms with Crippen molar-refractivity contribution in [1.29, 1.82) is 0 Å². The van der Waals surface area contributed by atoms with E-state index < -0.39 is 5.82 Å². The van der Waals surface area contributed by atoms with Crippen LogP contribution in [0.2, 0.25) is 0 Å². The molecule has 3 aromatic rings. The van der Waals surface area contributed by atoms with Crippen molar-refractivity contribution in [1.82, 2.24) is 4.90 Å². The van der Waals surface area contributed by atoms with Crippen LogP contribution < -0.4 is 4.74 Å². The molecule has 0 fully saturated rings. The first-order chi connectivity index (χ1) is 15.5. The highest BCUT2D eigenvalue weighted by atomic mass is 19.1. The minimum absolute atomic E-state index is 0.0356. The molecule has 3 aromatic carbocycles. The summed E-state index contributed by atoms with van der Waals surface area (Å²) in [4.78, 5) is 20.6. The van der Waals surface area contributed by atoms with Gasteiger partial charge in [0.2, 0.25) is 0 Å². The Morgan fingerprint density at radius 3 is 2.69 bits per heavy atom. The number of methoxy groups -OCH3 is 1. The summed E-state index contributed by atoms with van der Waals surface area (Å²) in [5.41, 5.74) is 3.93. The normalized spacial score (nSPS) is 15.1. The zero-order valence-electron chi connectivity index (χ0n) is 18.1. The lowest BCUT2D eigenvalue weighted by Gasteiger charge is -2.25. The summed E-state index contributed by atoms with van der Waals surface area (Å²) in [6.07, 6.45) is 0.259. The molecule has 0 spiro atoms. The van der Waals surface area contributed by atoms with Crippen LogP contribution in [-0.2, 0) is 11.4 Å². The number of aryl methyl sites for hydroxylation is 1. The number of carbonyl (C=O) groups is 1. The summed E-state index contributed by atoms with van der Waals surface area (Å²) in [5, 5.41) is 4.27. The van der Waals surface area contributed by atoms with Gasteiger partial charge in [0.05, 0.1) is 24.9 Å². The molecule has 32 heavy (non-hydrogen) atoms. The number of benzene rings is 3. The van der Waals surface area contributed by atoms with Gasteiger partial charge in [-0.15, -0.1) is 0 Å². The van der Waals surface area contributed by atoms with E-state index in [1.807, 2.05) is 55.5 Å². The van der Waals surface area contributed by atoms with Crippen molar-refractivity contribution in [3.8, 4) is 5.75 Å². The Labute approximate surface area is 187 Å². The Kier molecular flexibility index (Phi) is 6.50. The highest BCUT2D eigenvalue weighted by Crippen LogP contribution is 2.23. The number of ether oxygens (including phenoxy) is 1. The van der Waals surface area contributed by atoms with Gasteiger partial charge >= 0.3 is 0 Å². The number of nitrogens with zero attached hydrogens (tertiary/aromatic N) is 2. The maximum absolute atomic E-state index is 14.4. The summed E-state index contributed by atoms with van der Waals surface area (Å²) in [5.74, 6) is -0.237. The lowest BCUT2D eigenvalue weighted by Crippen LogP contribution is -2.37. The maximum Gasteiger partial charge on any atom is 0.257 e. The van der Waals surface area contributed by atoms with Crippen molar-refractivity contribution in [2.24, 2.45) is 5.16 Å². The first-order valence-corrected chi connectivity index (χ1v) is 10.5. The van der Waals surface area contributed by atoms with E-state index in [1.165, 1.54) is 12.1 Å². The highest BCUT2D eigenvalue weighted by molar-refractivity contribution is 6.02.